The summed E-state index contributed by atoms with van der Waals surface area (Å²) in [5.41, 5.74) is 6.68. The second-order valence-corrected chi connectivity index (χ2v) is 6.09. The molecule has 0 spiro atoms. The molecule has 104 valence electrons. The predicted octanol–water partition coefficient (Wildman–Crippen LogP) is 2.69. The molecule has 0 radical (unpaired) electrons. The Morgan fingerprint density at radius 3 is 2.53 bits per heavy atom. The number of carbonyl (C=O) groups is 1. The molecule has 0 aromatic heterocycles. The highest BCUT2D eigenvalue weighted by atomic mass is 32.2. The first-order valence-electron chi connectivity index (χ1n) is 6.99. The number of rotatable bonds is 5. The van der Waals surface area contributed by atoms with E-state index in [9.17, 15) is 4.79 Å². The molecule has 0 bridgehead atoms. The number of amides is 1. The van der Waals surface area contributed by atoms with Crippen molar-refractivity contribution in [1.82, 2.24) is 5.32 Å². The minimum absolute atomic E-state index is 0.153. The van der Waals surface area contributed by atoms with Gasteiger partial charge in [0.05, 0.1) is 5.75 Å². The summed E-state index contributed by atoms with van der Waals surface area (Å²) < 4.78 is 0. The van der Waals surface area contributed by atoms with Gasteiger partial charge >= 0.3 is 0 Å². The topological polar surface area (TPSA) is 55.1 Å². The van der Waals surface area contributed by atoms with Crippen molar-refractivity contribution in [3.63, 3.8) is 0 Å². The normalized spacial score (nSPS) is 16.3. The van der Waals surface area contributed by atoms with E-state index in [0.29, 0.717) is 18.3 Å². The lowest BCUT2D eigenvalue weighted by molar-refractivity contribution is -0.119. The van der Waals surface area contributed by atoms with Crippen LogP contribution in [0.3, 0.4) is 0 Å². The van der Waals surface area contributed by atoms with Crippen molar-refractivity contribution in [3.05, 3.63) is 29.8 Å². The van der Waals surface area contributed by atoms with Gasteiger partial charge in [-0.05, 0) is 30.5 Å². The maximum absolute atomic E-state index is 11.9. The molecule has 2 rings (SSSR count). The molecule has 1 aromatic carbocycles. The zero-order valence-corrected chi connectivity index (χ0v) is 12.0. The lowest BCUT2D eigenvalue weighted by Crippen LogP contribution is -2.37. The summed E-state index contributed by atoms with van der Waals surface area (Å²) in [5.74, 6) is 0.651. The van der Waals surface area contributed by atoms with Crippen LogP contribution >= 0.6 is 11.8 Å². The molecule has 1 fully saturated rings. The quantitative estimate of drug-likeness (QED) is 0.814. The Morgan fingerprint density at radius 2 is 1.89 bits per heavy atom. The summed E-state index contributed by atoms with van der Waals surface area (Å²) in [7, 11) is 0. The summed E-state index contributed by atoms with van der Waals surface area (Å²) in [6.07, 6.45) is 6.09. The van der Waals surface area contributed by atoms with Crippen molar-refractivity contribution in [2.45, 2.75) is 49.6 Å². The Hall–Kier alpha value is -1.00. The fourth-order valence-corrected chi connectivity index (χ4v) is 3.10. The minimum atomic E-state index is 0.153. The summed E-state index contributed by atoms with van der Waals surface area (Å²) >= 11 is 1.58. The lowest BCUT2D eigenvalue weighted by atomic mass is 9.95. The lowest BCUT2D eigenvalue weighted by Gasteiger charge is -2.22. The van der Waals surface area contributed by atoms with Crippen molar-refractivity contribution in [2.24, 2.45) is 5.73 Å². The molecule has 1 aromatic rings. The molecule has 0 saturated heterocycles. The van der Waals surface area contributed by atoms with Crippen molar-refractivity contribution < 1.29 is 4.79 Å². The SMILES string of the molecule is NCc1ccc(SCC(=O)NC2CCCCC2)cc1. The van der Waals surface area contributed by atoms with E-state index in [-0.39, 0.29) is 5.91 Å². The van der Waals surface area contributed by atoms with Gasteiger partial charge in [0.2, 0.25) is 5.91 Å². The van der Waals surface area contributed by atoms with E-state index in [4.69, 9.17) is 5.73 Å². The molecule has 4 heteroatoms. The van der Waals surface area contributed by atoms with E-state index in [1.54, 1.807) is 11.8 Å². The molecule has 1 aliphatic carbocycles. The number of nitrogens with one attached hydrogen (secondary N) is 1. The molecule has 1 aliphatic rings. The Labute approximate surface area is 119 Å². The van der Waals surface area contributed by atoms with Gasteiger partial charge in [-0.15, -0.1) is 11.8 Å². The first-order chi connectivity index (χ1) is 9.28. The first-order valence-corrected chi connectivity index (χ1v) is 7.97. The fourth-order valence-electron chi connectivity index (χ4n) is 2.39. The van der Waals surface area contributed by atoms with E-state index in [1.807, 2.05) is 24.3 Å². The van der Waals surface area contributed by atoms with Gasteiger partial charge in [-0.1, -0.05) is 31.4 Å². The maximum atomic E-state index is 11.9. The molecule has 0 unspecified atom stereocenters. The van der Waals surface area contributed by atoms with Crippen molar-refractivity contribution in [2.75, 3.05) is 5.75 Å². The predicted molar refractivity (Wildman–Crippen MR) is 80.1 cm³/mol. The molecule has 3 nitrogen and oxygen atoms in total. The summed E-state index contributed by atoms with van der Waals surface area (Å²) in [6.45, 7) is 0.563. The highest BCUT2D eigenvalue weighted by molar-refractivity contribution is 8.00. The van der Waals surface area contributed by atoms with Gasteiger partial charge in [0.25, 0.3) is 0 Å². The molecule has 3 N–H and O–H groups in total. The molecule has 1 saturated carbocycles. The Balaban J connectivity index is 1.72. The third-order valence-electron chi connectivity index (χ3n) is 3.50. The molecular weight excluding hydrogens is 256 g/mol. The van der Waals surface area contributed by atoms with Crippen LogP contribution in [-0.4, -0.2) is 17.7 Å². The van der Waals surface area contributed by atoms with E-state index in [2.05, 4.69) is 5.32 Å². The van der Waals surface area contributed by atoms with Gasteiger partial charge < -0.3 is 11.1 Å². The highest BCUT2D eigenvalue weighted by Crippen LogP contribution is 2.20. The van der Waals surface area contributed by atoms with Gasteiger partial charge in [-0.2, -0.15) is 0 Å². The van der Waals surface area contributed by atoms with Gasteiger partial charge in [0, 0.05) is 17.5 Å². The van der Waals surface area contributed by atoms with Crippen LogP contribution in [0.15, 0.2) is 29.2 Å². The largest absolute Gasteiger partial charge is 0.353 e. The average Bonchev–Trinajstić information content (AvgIpc) is 2.47. The second kappa shape index (κ2) is 7.56. The number of thioether (sulfide) groups is 1. The third-order valence-corrected chi connectivity index (χ3v) is 4.51. The van der Waals surface area contributed by atoms with Crippen LogP contribution in [0.4, 0.5) is 0 Å². The van der Waals surface area contributed by atoms with Crippen LogP contribution in [-0.2, 0) is 11.3 Å². The number of nitrogens with two attached hydrogens (primary N) is 1. The molecule has 19 heavy (non-hydrogen) atoms. The number of hydrogen-bond acceptors (Lipinski definition) is 3. The average molecular weight is 278 g/mol. The smallest absolute Gasteiger partial charge is 0.230 e. The van der Waals surface area contributed by atoms with Crippen LogP contribution in [0, 0.1) is 0 Å². The van der Waals surface area contributed by atoms with Crippen LogP contribution < -0.4 is 11.1 Å². The maximum Gasteiger partial charge on any atom is 0.230 e. The molecular formula is C15H22N2OS. The third kappa shape index (κ3) is 4.88. The van der Waals surface area contributed by atoms with E-state index in [0.717, 1.165) is 23.3 Å². The van der Waals surface area contributed by atoms with Crippen LogP contribution in [0.2, 0.25) is 0 Å². The zero-order valence-electron chi connectivity index (χ0n) is 11.2. The standard InChI is InChI=1S/C15H22N2OS/c16-10-12-6-8-14(9-7-12)19-11-15(18)17-13-4-2-1-3-5-13/h6-9,13H,1-5,10-11,16H2,(H,17,18). The number of hydrogen-bond donors (Lipinski definition) is 2. The van der Waals surface area contributed by atoms with Crippen molar-refractivity contribution in [1.29, 1.82) is 0 Å². The molecule has 1 amide bonds. The summed E-state index contributed by atoms with van der Waals surface area (Å²) in [5, 5.41) is 3.13. The Bertz CT molecular complexity index is 399. The number of benzene rings is 1. The summed E-state index contributed by atoms with van der Waals surface area (Å²) in [4.78, 5) is 13.0. The second-order valence-electron chi connectivity index (χ2n) is 5.04. The van der Waals surface area contributed by atoms with E-state index in [1.165, 1.54) is 19.3 Å². The molecule has 0 aliphatic heterocycles. The summed E-state index contributed by atoms with van der Waals surface area (Å²) in [6, 6.07) is 8.49. The van der Waals surface area contributed by atoms with E-state index < -0.39 is 0 Å². The van der Waals surface area contributed by atoms with E-state index >= 15 is 0 Å². The fraction of sp³-hybridized carbons (Fsp3) is 0.533. The minimum Gasteiger partial charge on any atom is -0.353 e. The van der Waals surface area contributed by atoms with Crippen molar-refractivity contribution in [3.8, 4) is 0 Å². The van der Waals surface area contributed by atoms with Crippen molar-refractivity contribution >= 4 is 17.7 Å². The van der Waals surface area contributed by atoms with Crippen LogP contribution in [0.5, 0.6) is 0 Å². The van der Waals surface area contributed by atoms with Gasteiger partial charge in [0.15, 0.2) is 0 Å². The number of carbonyl (C=O) groups excluding carboxylic acids is 1. The van der Waals surface area contributed by atoms with Crippen LogP contribution in [0.1, 0.15) is 37.7 Å². The van der Waals surface area contributed by atoms with Gasteiger partial charge in [0.1, 0.15) is 0 Å². The zero-order chi connectivity index (χ0) is 13.5. The van der Waals surface area contributed by atoms with Gasteiger partial charge in [-0.3, -0.25) is 4.79 Å². The first kappa shape index (κ1) is 14.4. The van der Waals surface area contributed by atoms with Crippen LogP contribution in [0.25, 0.3) is 0 Å². The molecule has 0 atom stereocenters. The Kier molecular flexibility index (Phi) is 5.73. The molecule has 0 heterocycles. The highest BCUT2D eigenvalue weighted by Gasteiger charge is 2.15. The Morgan fingerprint density at radius 1 is 1.21 bits per heavy atom. The van der Waals surface area contributed by atoms with Gasteiger partial charge in [-0.25, -0.2) is 0 Å². The monoisotopic (exact) mass is 278 g/mol.